The van der Waals surface area contributed by atoms with Gasteiger partial charge in [-0.3, -0.25) is 9.59 Å². The average Bonchev–Trinajstić information content (AvgIpc) is 3.44. The fraction of sp³-hybridized carbons (Fsp3) is 0.529. The number of carbonyl (C=O) groups excluding carboxylic acids is 2. The van der Waals surface area contributed by atoms with Crippen LogP contribution in [0.4, 0.5) is 0 Å². The quantitative estimate of drug-likeness (QED) is 0.760. The molecule has 1 N–H and O–H groups in total. The predicted octanol–water partition coefficient (Wildman–Crippen LogP) is 1.05. The summed E-state index contributed by atoms with van der Waals surface area (Å²) in [5.74, 6) is -1.01. The molecule has 25 heavy (non-hydrogen) atoms. The number of hydrogen-bond donors (Lipinski definition) is 1. The monoisotopic (exact) mass is 366 g/mol. The Labute approximate surface area is 147 Å². The maximum Gasteiger partial charge on any atom is 0.324 e. The number of nitrogens with one attached hydrogen (secondary N) is 1. The average molecular weight is 366 g/mol. The molecule has 0 aromatic heterocycles. The Bertz CT molecular complexity index is 731. The summed E-state index contributed by atoms with van der Waals surface area (Å²) in [6.07, 6.45) is 3.73. The minimum atomic E-state index is -3.77. The van der Waals surface area contributed by atoms with Crippen LogP contribution in [-0.4, -0.2) is 49.8 Å². The van der Waals surface area contributed by atoms with Gasteiger partial charge in [0.05, 0.1) is 4.90 Å². The topological polar surface area (TPSA) is 92.8 Å². The number of esters is 1. The molecule has 2 fully saturated rings. The molecule has 1 aromatic rings. The predicted molar refractivity (Wildman–Crippen MR) is 90.1 cm³/mol. The van der Waals surface area contributed by atoms with Gasteiger partial charge in [-0.15, -0.1) is 0 Å². The zero-order chi connectivity index (χ0) is 17.9. The van der Waals surface area contributed by atoms with Crippen molar-refractivity contribution in [2.24, 2.45) is 0 Å². The van der Waals surface area contributed by atoms with Crippen LogP contribution >= 0.6 is 0 Å². The van der Waals surface area contributed by atoms with Gasteiger partial charge in [0.1, 0.15) is 6.04 Å². The first-order chi connectivity index (χ1) is 12.0. The van der Waals surface area contributed by atoms with E-state index in [1.165, 1.54) is 16.4 Å². The highest BCUT2D eigenvalue weighted by Crippen LogP contribution is 2.26. The summed E-state index contributed by atoms with van der Waals surface area (Å²) in [6.45, 7) is -0.101. The third-order valence-electron chi connectivity index (χ3n) is 4.36. The third-order valence-corrected chi connectivity index (χ3v) is 6.29. The van der Waals surface area contributed by atoms with Crippen LogP contribution in [-0.2, 0) is 24.3 Å². The number of rotatable bonds is 6. The Hall–Kier alpha value is -1.93. The number of sulfonamides is 1. The Kier molecular flexibility index (Phi) is 5.39. The molecule has 1 amide bonds. The lowest BCUT2D eigenvalue weighted by molar-refractivity contribution is -0.153. The highest BCUT2D eigenvalue weighted by molar-refractivity contribution is 7.89. The van der Waals surface area contributed by atoms with E-state index in [1.807, 2.05) is 0 Å². The maximum atomic E-state index is 12.8. The molecule has 1 aromatic carbocycles. The SMILES string of the molecule is O=C(COC(=O)[C@H]1CCCCN1S(=O)(=O)c1ccccc1)NC1CC1. The molecule has 0 spiro atoms. The largest absolute Gasteiger partial charge is 0.454 e. The molecule has 0 bridgehead atoms. The molecule has 2 aliphatic rings. The zero-order valence-corrected chi connectivity index (χ0v) is 14.7. The minimum absolute atomic E-state index is 0.154. The van der Waals surface area contributed by atoms with Gasteiger partial charge in [0, 0.05) is 12.6 Å². The van der Waals surface area contributed by atoms with Gasteiger partial charge >= 0.3 is 5.97 Å². The number of carbonyl (C=O) groups is 2. The van der Waals surface area contributed by atoms with Gasteiger partial charge in [0.25, 0.3) is 5.91 Å². The molecular weight excluding hydrogens is 344 g/mol. The highest BCUT2D eigenvalue weighted by Gasteiger charge is 2.38. The van der Waals surface area contributed by atoms with Crippen molar-refractivity contribution in [3.63, 3.8) is 0 Å². The first kappa shape index (κ1) is 17.9. The van der Waals surface area contributed by atoms with Crippen molar-refractivity contribution >= 4 is 21.9 Å². The molecule has 136 valence electrons. The van der Waals surface area contributed by atoms with Crippen molar-refractivity contribution in [3.05, 3.63) is 30.3 Å². The number of ether oxygens (including phenoxy) is 1. The number of amides is 1. The summed E-state index contributed by atoms with van der Waals surface area (Å²) < 4.78 is 31.9. The second-order valence-electron chi connectivity index (χ2n) is 6.39. The van der Waals surface area contributed by atoms with Gasteiger partial charge in [-0.1, -0.05) is 18.2 Å². The van der Waals surface area contributed by atoms with E-state index in [0.29, 0.717) is 12.8 Å². The van der Waals surface area contributed by atoms with Crippen molar-refractivity contribution in [2.75, 3.05) is 13.2 Å². The van der Waals surface area contributed by atoms with Gasteiger partial charge < -0.3 is 10.1 Å². The van der Waals surface area contributed by atoms with Gasteiger partial charge in [0.15, 0.2) is 6.61 Å². The number of piperidine rings is 1. The van der Waals surface area contributed by atoms with E-state index in [4.69, 9.17) is 4.74 Å². The number of benzene rings is 1. The second-order valence-corrected chi connectivity index (χ2v) is 8.28. The Morgan fingerprint density at radius 1 is 1.12 bits per heavy atom. The van der Waals surface area contributed by atoms with Crippen LogP contribution in [0, 0.1) is 0 Å². The molecule has 1 saturated heterocycles. The van der Waals surface area contributed by atoms with E-state index in [1.54, 1.807) is 18.2 Å². The maximum absolute atomic E-state index is 12.8. The molecule has 1 aliphatic heterocycles. The van der Waals surface area contributed by atoms with Gasteiger partial charge in [-0.25, -0.2) is 8.42 Å². The van der Waals surface area contributed by atoms with Crippen LogP contribution in [0.2, 0.25) is 0 Å². The van der Waals surface area contributed by atoms with Crippen molar-refractivity contribution in [3.8, 4) is 0 Å². The summed E-state index contributed by atoms with van der Waals surface area (Å²) in [7, 11) is -3.77. The minimum Gasteiger partial charge on any atom is -0.454 e. The second kappa shape index (κ2) is 7.53. The molecule has 1 atom stereocenters. The Morgan fingerprint density at radius 2 is 1.84 bits per heavy atom. The normalized spacial score (nSPS) is 21.5. The molecule has 0 unspecified atom stereocenters. The zero-order valence-electron chi connectivity index (χ0n) is 13.9. The third kappa shape index (κ3) is 4.38. The van der Waals surface area contributed by atoms with Gasteiger partial charge in [0.2, 0.25) is 10.0 Å². The fourth-order valence-corrected chi connectivity index (χ4v) is 4.55. The lowest BCUT2D eigenvalue weighted by Gasteiger charge is -2.32. The van der Waals surface area contributed by atoms with Crippen molar-refractivity contribution in [1.29, 1.82) is 0 Å². The Balaban J connectivity index is 1.67. The van der Waals surface area contributed by atoms with Crippen LogP contribution in [0.1, 0.15) is 32.1 Å². The van der Waals surface area contributed by atoms with Crippen molar-refractivity contribution in [1.82, 2.24) is 9.62 Å². The molecule has 0 radical (unpaired) electrons. The smallest absolute Gasteiger partial charge is 0.324 e. The summed E-state index contributed by atoms with van der Waals surface area (Å²) in [6, 6.07) is 7.35. The molecule has 1 heterocycles. The van der Waals surface area contributed by atoms with Crippen LogP contribution < -0.4 is 5.32 Å². The Morgan fingerprint density at radius 3 is 2.52 bits per heavy atom. The van der Waals surface area contributed by atoms with E-state index in [0.717, 1.165) is 19.3 Å². The van der Waals surface area contributed by atoms with Crippen LogP contribution in [0.15, 0.2) is 35.2 Å². The summed E-state index contributed by atoms with van der Waals surface area (Å²) in [5.41, 5.74) is 0. The van der Waals surface area contributed by atoms with Crippen LogP contribution in [0.5, 0.6) is 0 Å². The number of nitrogens with zero attached hydrogens (tertiary/aromatic N) is 1. The first-order valence-electron chi connectivity index (χ1n) is 8.51. The molecule has 1 aliphatic carbocycles. The standard InChI is InChI=1S/C17H22N2O5S/c20-16(18-13-9-10-13)12-24-17(21)15-8-4-5-11-19(15)25(22,23)14-6-2-1-3-7-14/h1-3,6-7,13,15H,4-5,8-12H2,(H,18,20)/t15-/m1/s1. The van der Waals surface area contributed by atoms with E-state index < -0.39 is 22.0 Å². The van der Waals surface area contributed by atoms with E-state index in [2.05, 4.69) is 5.32 Å². The molecule has 7 nitrogen and oxygen atoms in total. The summed E-state index contributed by atoms with van der Waals surface area (Å²) in [4.78, 5) is 24.2. The first-order valence-corrected chi connectivity index (χ1v) is 9.95. The van der Waals surface area contributed by atoms with E-state index >= 15 is 0 Å². The molecular formula is C17H22N2O5S. The van der Waals surface area contributed by atoms with Gasteiger partial charge in [-0.05, 0) is 44.2 Å². The highest BCUT2D eigenvalue weighted by atomic mass is 32.2. The van der Waals surface area contributed by atoms with Crippen molar-refractivity contribution in [2.45, 2.75) is 49.1 Å². The fourth-order valence-electron chi connectivity index (χ4n) is 2.89. The molecule has 3 rings (SSSR count). The van der Waals surface area contributed by atoms with Crippen LogP contribution in [0.25, 0.3) is 0 Å². The lowest BCUT2D eigenvalue weighted by Crippen LogP contribution is -2.49. The molecule has 1 saturated carbocycles. The van der Waals surface area contributed by atoms with E-state index in [-0.39, 0.29) is 30.0 Å². The van der Waals surface area contributed by atoms with Crippen molar-refractivity contribution < 1.29 is 22.7 Å². The molecule has 8 heteroatoms. The van der Waals surface area contributed by atoms with Gasteiger partial charge in [-0.2, -0.15) is 4.31 Å². The summed E-state index contributed by atoms with van der Waals surface area (Å²) >= 11 is 0. The van der Waals surface area contributed by atoms with E-state index in [9.17, 15) is 18.0 Å². The number of hydrogen-bond acceptors (Lipinski definition) is 5. The summed E-state index contributed by atoms with van der Waals surface area (Å²) in [5, 5.41) is 2.73. The lowest BCUT2D eigenvalue weighted by atomic mass is 10.1. The van der Waals surface area contributed by atoms with Crippen LogP contribution in [0.3, 0.4) is 0 Å².